The number of carbonyl (C=O) groups excluding carboxylic acids is 1. The third-order valence-electron chi connectivity index (χ3n) is 2.81. The van der Waals surface area contributed by atoms with Crippen LogP contribution in [0.5, 0.6) is 5.75 Å². The summed E-state index contributed by atoms with van der Waals surface area (Å²) in [5.41, 5.74) is 2.36. The number of hydrogen-bond donors (Lipinski definition) is 2. The van der Waals surface area contributed by atoms with Gasteiger partial charge in [0.1, 0.15) is 11.4 Å². The maximum Gasteiger partial charge on any atom is 0.271 e. The van der Waals surface area contributed by atoms with Crippen LogP contribution in [0.1, 0.15) is 21.7 Å². The lowest BCUT2D eigenvalue weighted by Gasteiger charge is -2.08. The minimum absolute atomic E-state index is 0.167. The van der Waals surface area contributed by atoms with Crippen LogP contribution in [0.3, 0.4) is 0 Å². The number of rotatable bonds is 5. The summed E-state index contributed by atoms with van der Waals surface area (Å²) >= 11 is 0. The minimum Gasteiger partial charge on any atom is -0.496 e. The van der Waals surface area contributed by atoms with Gasteiger partial charge in [0.15, 0.2) is 0 Å². The molecule has 1 heterocycles. The molecule has 2 rings (SSSR count). The fraction of sp³-hybridized carbons (Fsp3) is 0.286. The Morgan fingerprint density at radius 2 is 2.21 bits per heavy atom. The first-order valence-corrected chi connectivity index (χ1v) is 6.13. The summed E-state index contributed by atoms with van der Waals surface area (Å²) in [4.78, 5) is 11.8. The van der Waals surface area contributed by atoms with Gasteiger partial charge in [0, 0.05) is 12.2 Å². The van der Waals surface area contributed by atoms with Crippen molar-refractivity contribution in [2.75, 3.05) is 13.7 Å². The molecule has 2 aromatic rings. The van der Waals surface area contributed by atoms with Crippen molar-refractivity contribution < 1.29 is 9.53 Å². The van der Waals surface area contributed by atoms with Crippen LogP contribution in [0.2, 0.25) is 0 Å². The monoisotopic (exact) mass is 259 g/mol. The molecule has 0 bridgehead atoms. The van der Waals surface area contributed by atoms with E-state index >= 15 is 0 Å². The van der Waals surface area contributed by atoms with E-state index < -0.39 is 0 Å². The van der Waals surface area contributed by atoms with E-state index in [4.69, 9.17) is 4.74 Å². The molecule has 1 aromatic carbocycles. The Labute approximate surface area is 112 Å². The number of methoxy groups -OCH3 is 1. The molecule has 0 aliphatic rings. The number of aromatic nitrogens is 2. The smallest absolute Gasteiger partial charge is 0.271 e. The Morgan fingerprint density at radius 1 is 1.42 bits per heavy atom. The zero-order chi connectivity index (χ0) is 13.7. The topological polar surface area (TPSA) is 67.0 Å². The molecule has 100 valence electrons. The summed E-state index contributed by atoms with van der Waals surface area (Å²) in [7, 11) is 1.64. The first kappa shape index (κ1) is 13.1. The van der Waals surface area contributed by atoms with Crippen LogP contribution in [0.4, 0.5) is 0 Å². The number of H-pyrrole nitrogens is 1. The van der Waals surface area contributed by atoms with Crippen molar-refractivity contribution in [3.05, 3.63) is 47.3 Å². The molecule has 0 atom stereocenters. The van der Waals surface area contributed by atoms with E-state index in [1.54, 1.807) is 13.2 Å². The Hall–Kier alpha value is -2.30. The lowest BCUT2D eigenvalue weighted by Crippen LogP contribution is -2.26. The van der Waals surface area contributed by atoms with Crippen molar-refractivity contribution in [1.29, 1.82) is 0 Å². The van der Waals surface area contributed by atoms with E-state index in [1.807, 2.05) is 31.2 Å². The number of para-hydroxylation sites is 1. The molecule has 1 aromatic heterocycles. The minimum atomic E-state index is -0.167. The molecule has 0 radical (unpaired) electrons. The van der Waals surface area contributed by atoms with Crippen LogP contribution in [0.25, 0.3) is 0 Å². The van der Waals surface area contributed by atoms with E-state index in [-0.39, 0.29) is 5.91 Å². The van der Waals surface area contributed by atoms with E-state index in [0.29, 0.717) is 12.2 Å². The molecule has 0 fully saturated rings. The van der Waals surface area contributed by atoms with Crippen LogP contribution < -0.4 is 10.1 Å². The van der Waals surface area contributed by atoms with Gasteiger partial charge >= 0.3 is 0 Å². The highest BCUT2D eigenvalue weighted by molar-refractivity contribution is 5.92. The average molecular weight is 259 g/mol. The maximum atomic E-state index is 11.8. The van der Waals surface area contributed by atoms with Crippen LogP contribution in [0, 0.1) is 6.92 Å². The Bertz CT molecular complexity index is 563. The van der Waals surface area contributed by atoms with Crippen LogP contribution in [-0.4, -0.2) is 29.8 Å². The number of benzene rings is 1. The normalized spacial score (nSPS) is 10.2. The summed E-state index contributed by atoms with van der Waals surface area (Å²) in [5.74, 6) is 0.673. The van der Waals surface area contributed by atoms with E-state index in [2.05, 4.69) is 15.5 Å². The number of nitrogens with zero attached hydrogens (tertiary/aromatic N) is 1. The quantitative estimate of drug-likeness (QED) is 0.858. The lowest BCUT2D eigenvalue weighted by atomic mass is 10.1. The van der Waals surface area contributed by atoms with Crippen molar-refractivity contribution in [3.8, 4) is 5.75 Å². The van der Waals surface area contributed by atoms with Gasteiger partial charge in [0.25, 0.3) is 5.91 Å². The molecule has 5 nitrogen and oxygen atoms in total. The zero-order valence-corrected chi connectivity index (χ0v) is 11.1. The van der Waals surface area contributed by atoms with Gasteiger partial charge in [-0.05, 0) is 31.0 Å². The van der Waals surface area contributed by atoms with Crippen LogP contribution in [-0.2, 0) is 6.42 Å². The van der Waals surface area contributed by atoms with Crippen molar-refractivity contribution in [3.63, 3.8) is 0 Å². The maximum absolute atomic E-state index is 11.8. The molecule has 2 N–H and O–H groups in total. The molecule has 0 aliphatic carbocycles. The molecular formula is C14H17N3O2. The van der Waals surface area contributed by atoms with Crippen LogP contribution >= 0.6 is 0 Å². The van der Waals surface area contributed by atoms with E-state index in [1.165, 1.54) is 0 Å². The van der Waals surface area contributed by atoms with Crippen molar-refractivity contribution in [2.24, 2.45) is 0 Å². The number of carbonyl (C=O) groups is 1. The summed E-state index contributed by atoms with van der Waals surface area (Å²) in [6.45, 7) is 2.41. The summed E-state index contributed by atoms with van der Waals surface area (Å²) in [6, 6.07) is 9.50. The van der Waals surface area contributed by atoms with Gasteiger partial charge in [0.2, 0.25) is 0 Å². The first-order valence-electron chi connectivity index (χ1n) is 6.13. The van der Waals surface area contributed by atoms with Crippen LogP contribution in [0.15, 0.2) is 30.3 Å². The predicted octanol–water partition coefficient (Wildman–Crippen LogP) is 1.70. The van der Waals surface area contributed by atoms with E-state index in [9.17, 15) is 4.79 Å². The standard InChI is InChI=1S/C14H17N3O2/c1-10-9-12(17-16-10)14(18)15-8-7-11-5-3-4-6-13(11)19-2/h3-6,9H,7-8H2,1-2H3,(H,15,18)(H,16,17). The van der Waals surface area contributed by atoms with Gasteiger partial charge in [-0.15, -0.1) is 0 Å². The number of nitrogens with one attached hydrogen (secondary N) is 2. The summed E-state index contributed by atoms with van der Waals surface area (Å²) in [6.07, 6.45) is 0.721. The fourth-order valence-electron chi connectivity index (χ4n) is 1.85. The number of aromatic amines is 1. The highest BCUT2D eigenvalue weighted by Crippen LogP contribution is 2.17. The molecule has 0 saturated heterocycles. The van der Waals surface area contributed by atoms with Gasteiger partial charge in [-0.3, -0.25) is 9.89 Å². The van der Waals surface area contributed by atoms with Crippen molar-refractivity contribution in [1.82, 2.24) is 15.5 Å². The molecule has 19 heavy (non-hydrogen) atoms. The molecule has 5 heteroatoms. The molecule has 0 spiro atoms. The van der Waals surface area contributed by atoms with Crippen molar-refractivity contribution >= 4 is 5.91 Å². The van der Waals surface area contributed by atoms with Gasteiger partial charge < -0.3 is 10.1 Å². The van der Waals surface area contributed by atoms with Gasteiger partial charge in [-0.25, -0.2) is 0 Å². The number of amides is 1. The molecule has 1 amide bonds. The Kier molecular flexibility index (Phi) is 4.18. The molecular weight excluding hydrogens is 242 g/mol. The summed E-state index contributed by atoms with van der Waals surface area (Å²) in [5, 5.41) is 9.49. The molecule has 0 aliphatic heterocycles. The number of hydrogen-bond acceptors (Lipinski definition) is 3. The van der Waals surface area contributed by atoms with Gasteiger partial charge in [-0.2, -0.15) is 5.10 Å². The summed E-state index contributed by atoms with van der Waals surface area (Å²) < 4.78 is 5.26. The highest BCUT2D eigenvalue weighted by Gasteiger charge is 2.08. The van der Waals surface area contributed by atoms with Gasteiger partial charge in [0.05, 0.1) is 7.11 Å². The highest BCUT2D eigenvalue weighted by atomic mass is 16.5. The molecule has 0 unspecified atom stereocenters. The average Bonchev–Trinajstić information content (AvgIpc) is 2.86. The SMILES string of the molecule is COc1ccccc1CCNC(=O)c1cc(C)[nH]n1. The zero-order valence-electron chi connectivity index (χ0n) is 11.1. The second kappa shape index (κ2) is 6.04. The van der Waals surface area contributed by atoms with Crippen molar-refractivity contribution in [2.45, 2.75) is 13.3 Å². The third kappa shape index (κ3) is 3.34. The largest absolute Gasteiger partial charge is 0.496 e. The second-order valence-corrected chi connectivity index (χ2v) is 4.25. The number of aryl methyl sites for hydroxylation is 1. The fourth-order valence-corrected chi connectivity index (χ4v) is 1.85. The second-order valence-electron chi connectivity index (χ2n) is 4.25. The Morgan fingerprint density at radius 3 is 2.89 bits per heavy atom. The van der Waals surface area contributed by atoms with Gasteiger partial charge in [-0.1, -0.05) is 18.2 Å². The third-order valence-corrected chi connectivity index (χ3v) is 2.81. The Balaban J connectivity index is 1.88. The molecule has 0 saturated carbocycles. The lowest BCUT2D eigenvalue weighted by molar-refractivity contribution is 0.0949. The first-order chi connectivity index (χ1) is 9.20. The number of ether oxygens (including phenoxy) is 1. The predicted molar refractivity (Wildman–Crippen MR) is 72.4 cm³/mol. The van der Waals surface area contributed by atoms with E-state index in [0.717, 1.165) is 23.4 Å².